The Morgan fingerprint density at radius 1 is 1.00 bits per heavy atom. The molecule has 0 radical (unpaired) electrons. The quantitative estimate of drug-likeness (QED) is 0.338. The van der Waals surface area contributed by atoms with Gasteiger partial charge in [-0.25, -0.2) is 4.79 Å². The van der Waals surface area contributed by atoms with Crippen LogP contribution in [0.15, 0.2) is 55.1 Å². The van der Waals surface area contributed by atoms with Crippen molar-refractivity contribution >= 4 is 29.5 Å². The lowest BCUT2D eigenvalue weighted by atomic mass is 10.1. The SMILES string of the molecule is C=CCOc1ccc(/C=C/C(=O)OCC(=O)NCC(=O)Nc2c(C)cc(C)cc2C)cc1. The standard InChI is InChI=1S/C25H28N2O5/c1-5-12-31-21-9-6-20(7-10-21)8-11-24(30)32-16-23(29)26-15-22(28)27-25-18(3)13-17(2)14-19(25)4/h5-11,13-14H,1,12,15-16H2,2-4H3,(H,26,29)(H,27,28)/b11-8+. The van der Waals surface area contributed by atoms with Crippen molar-refractivity contribution in [3.05, 3.63) is 77.4 Å². The van der Waals surface area contributed by atoms with E-state index in [0.29, 0.717) is 12.4 Å². The second kappa shape index (κ2) is 12.1. The van der Waals surface area contributed by atoms with Crippen LogP contribution >= 0.6 is 0 Å². The molecular weight excluding hydrogens is 408 g/mol. The highest BCUT2D eigenvalue weighted by molar-refractivity contribution is 5.96. The summed E-state index contributed by atoms with van der Waals surface area (Å²) in [6.07, 6.45) is 4.44. The highest BCUT2D eigenvalue weighted by Gasteiger charge is 2.11. The lowest BCUT2D eigenvalue weighted by Crippen LogP contribution is -2.35. The second-order valence-corrected chi connectivity index (χ2v) is 7.21. The Hall–Kier alpha value is -3.87. The van der Waals surface area contributed by atoms with Gasteiger partial charge in [-0.15, -0.1) is 0 Å². The molecule has 0 aromatic heterocycles. The first kappa shape index (κ1) is 24.4. The topological polar surface area (TPSA) is 93.7 Å². The molecule has 7 heteroatoms. The first-order chi connectivity index (χ1) is 15.3. The van der Waals surface area contributed by atoms with Crippen molar-refractivity contribution < 1.29 is 23.9 Å². The Balaban J connectivity index is 1.73. The normalized spacial score (nSPS) is 10.5. The molecule has 2 aromatic rings. The molecule has 0 spiro atoms. The van der Waals surface area contributed by atoms with Gasteiger partial charge in [-0.3, -0.25) is 9.59 Å². The summed E-state index contributed by atoms with van der Waals surface area (Å²) in [5.41, 5.74) is 4.50. The summed E-state index contributed by atoms with van der Waals surface area (Å²) >= 11 is 0. The molecule has 0 saturated heterocycles. The van der Waals surface area contributed by atoms with Gasteiger partial charge >= 0.3 is 5.97 Å². The first-order valence-electron chi connectivity index (χ1n) is 10.1. The molecule has 168 valence electrons. The average Bonchev–Trinajstić information content (AvgIpc) is 2.76. The number of esters is 1. The van der Waals surface area contributed by atoms with Gasteiger partial charge in [0.15, 0.2) is 6.61 Å². The second-order valence-electron chi connectivity index (χ2n) is 7.21. The van der Waals surface area contributed by atoms with Gasteiger partial charge in [0.2, 0.25) is 5.91 Å². The zero-order chi connectivity index (χ0) is 23.5. The number of aryl methyl sites for hydroxylation is 3. The summed E-state index contributed by atoms with van der Waals surface area (Å²) in [6, 6.07) is 11.0. The highest BCUT2D eigenvalue weighted by atomic mass is 16.5. The minimum absolute atomic E-state index is 0.223. The number of carbonyl (C=O) groups excluding carboxylic acids is 3. The van der Waals surface area contributed by atoms with E-state index >= 15 is 0 Å². The summed E-state index contributed by atoms with van der Waals surface area (Å²) in [6.45, 7) is 9.10. The molecule has 0 bridgehead atoms. The van der Waals surface area contributed by atoms with Crippen LogP contribution in [-0.2, 0) is 19.1 Å². The van der Waals surface area contributed by atoms with Crippen LogP contribution < -0.4 is 15.4 Å². The summed E-state index contributed by atoms with van der Waals surface area (Å²) in [7, 11) is 0. The molecule has 2 amide bonds. The molecule has 2 rings (SSSR count). The Kier molecular flexibility index (Phi) is 9.22. The fraction of sp³-hybridized carbons (Fsp3) is 0.240. The van der Waals surface area contributed by atoms with Gasteiger partial charge in [-0.1, -0.05) is 42.5 Å². The summed E-state index contributed by atoms with van der Waals surface area (Å²) < 4.78 is 10.3. The zero-order valence-electron chi connectivity index (χ0n) is 18.6. The maximum absolute atomic E-state index is 12.1. The molecule has 2 aromatic carbocycles. The maximum atomic E-state index is 12.1. The van der Waals surface area contributed by atoms with E-state index in [1.54, 1.807) is 36.4 Å². The number of anilines is 1. The van der Waals surface area contributed by atoms with Gasteiger partial charge in [-0.05, 0) is 55.7 Å². The minimum atomic E-state index is -0.664. The van der Waals surface area contributed by atoms with Crippen LogP contribution in [0.25, 0.3) is 6.08 Å². The van der Waals surface area contributed by atoms with Gasteiger partial charge in [0.25, 0.3) is 5.91 Å². The molecule has 0 aliphatic carbocycles. The lowest BCUT2D eigenvalue weighted by molar-refractivity contribution is -0.143. The van der Waals surface area contributed by atoms with Crippen LogP contribution in [0.1, 0.15) is 22.3 Å². The Morgan fingerprint density at radius 2 is 1.66 bits per heavy atom. The van der Waals surface area contributed by atoms with Crippen molar-refractivity contribution in [1.82, 2.24) is 5.32 Å². The van der Waals surface area contributed by atoms with Gasteiger partial charge in [-0.2, -0.15) is 0 Å². The number of benzene rings is 2. The number of ether oxygens (including phenoxy) is 2. The number of hydrogen-bond acceptors (Lipinski definition) is 5. The number of nitrogens with one attached hydrogen (secondary N) is 2. The van der Waals surface area contributed by atoms with Crippen LogP contribution in [-0.4, -0.2) is 37.5 Å². The van der Waals surface area contributed by atoms with Gasteiger partial charge < -0.3 is 20.1 Å². The van der Waals surface area contributed by atoms with Gasteiger partial charge in [0.1, 0.15) is 12.4 Å². The van der Waals surface area contributed by atoms with E-state index < -0.39 is 18.5 Å². The summed E-state index contributed by atoms with van der Waals surface area (Å²) in [5.74, 6) is -0.899. The van der Waals surface area contributed by atoms with Crippen LogP contribution in [0, 0.1) is 20.8 Å². The van der Waals surface area contributed by atoms with Crippen LogP contribution in [0.2, 0.25) is 0 Å². The first-order valence-corrected chi connectivity index (χ1v) is 10.1. The number of rotatable bonds is 10. The lowest BCUT2D eigenvalue weighted by Gasteiger charge is -2.13. The molecule has 32 heavy (non-hydrogen) atoms. The van der Waals surface area contributed by atoms with Crippen molar-refractivity contribution in [1.29, 1.82) is 0 Å². The van der Waals surface area contributed by atoms with Crippen LogP contribution in [0.5, 0.6) is 5.75 Å². The van der Waals surface area contributed by atoms with Crippen LogP contribution in [0.4, 0.5) is 5.69 Å². The van der Waals surface area contributed by atoms with Crippen LogP contribution in [0.3, 0.4) is 0 Å². The van der Waals surface area contributed by atoms with Crippen molar-refractivity contribution in [2.45, 2.75) is 20.8 Å². The molecule has 0 aliphatic rings. The van der Waals surface area contributed by atoms with E-state index in [2.05, 4.69) is 17.2 Å². The molecule has 0 heterocycles. The minimum Gasteiger partial charge on any atom is -0.490 e. The maximum Gasteiger partial charge on any atom is 0.331 e. The number of hydrogen-bond donors (Lipinski definition) is 2. The largest absolute Gasteiger partial charge is 0.490 e. The predicted octanol–water partition coefficient (Wildman–Crippen LogP) is 3.49. The molecule has 0 saturated carbocycles. The van der Waals surface area contributed by atoms with E-state index in [-0.39, 0.29) is 12.5 Å². The Bertz CT molecular complexity index is 986. The fourth-order valence-corrected chi connectivity index (χ4v) is 2.97. The van der Waals surface area contributed by atoms with Gasteiger partial charge in [0.05, 0.1) is 6.54 Å². The molecule has 7 nitrogen and oxygen atoms in total. The van der Waals surface area contributed by atoms with Crippen molar-refractivity contribution in [3.63, 3.8) is 0 Å². The Morgan fingerprint density at radius 3 is 2.28 bits per heavy atom. The predicted molar refractivity (Wildman–Crippen MR) is 124 cm³/mol. The molecule has 0 atom stereocenters. The third-order valence-electron chi connectivity index (χ3n) is 4.39. The molecule has 0 fully saturated rings. The summed E-state index contributed by atoms with van der Waals surface area (Å²) in [5, 5.41) is 5.23. The highest BCUT2D eigenvalue weighted by Crippen LogP contribution is 2.21. The third-order valence-corrected chi connectivity index (χ3v) is 4.39. The smallest absolute Gasteiger partial charge is 0.331 e. The van der Waals surface area contributed by atoms with Crippen molar-refractivity contribution in [3.8, 4) is 5.75 Å². The molecular formula is C25H28N2O5. The van der Waals surface area contributed by atoms with E-state index in [0.717, 1.165) is 27.9 Å². The zero-order valence-corrected chi connectivity index (χ0v) is 18.6. The summed E-state index contributed by atoms with van der Waals surface area (Å²) in [4.78, 5) is 35.8. The number of carbonyl (C=O) groups is 3. The molecule has 2 N–H and O–H groups in total. The molecule has 0 aliphatic heterocycles. The monoisotopic (exact) mass is 436 g/mol. The molecule has 0 unspecified atom stereocenters. The van der Waals surface area contributed by atoms with Gasteiger partial charge in [0, 0.05) is 11.8 Å². The van der Waals surface area contributed by atoms with E-state index in [1.807, 2.05) is 32.9 Å². The fourth-order valence-electron chi connectivity index (χ4n) is 2.97. The van der Waals surface area contributed by atoms with E-state index in [4.69, 9.17) is 9.47 Å². The average molecular weight is 437 g/mol. The number of amides is 2. The Labute approximate surface area is 188 Å². The van der Waals surface area contributed by atoms with Crippen molar-refractivity contribution in [2.75, 3.05) is 25.1 Å². The third kappa shape index (κ3) is 8.10. The van der Waals surface area contributed by atoms with Crippen molar-refractivity contribution in [2.24, 2.45) is 0 Å². The van der Waals surface area contributed by atoms with E-state index in [1.165, 1.54) is 6.08 Å². The van der Waals surface area contributed by atoms with E-state index in [9.17, 15) is 14.4 Å².